The molecule has 0 atom stereocenters. The van der Waals surface area contributed by atoms with E-state index in [2.05, 4.69) is 25.8 Å². The van der Waals surface area contributed by atoms with Gasteiger partial charge in [-0.05, 0) is 65.2 Å². The van der Waals surface area contributed by atoms with Gasteiger partial charge in [0, 0.05) is 49.6 Å². The number of aromatic nitrogens is 2. The summed E-state index contributed by atoms with van der Waals surface area (Å²) in [6.07, 6.45) is 4.01. The third-order valence-electron chi connectivity index (χ3n) is 5.30. The van der Waals surface area contributed by atoms with Crippen LogP contribution in [0.3, 0.4) is 0 Å². The molecule has 1 fully saturated rings. The Hall–Kier alpha value is -1.74. The van der Waals surface area contributed by atoms with E-state index in [-0.39, 0.29) is 0 Å². The maximum Gasteiger partial charge on any atom is 0.243 e. The SMILES string of the molecule is Cc1ccc(S(=O)(=O)N2CCN(Cc3cn4cc(Br)ccc4n3)CC2)cc1C. The van der Waals surface area contributed by atoms with Gasteiger partial charge in [0.15, 0.2) is 0 Å². The van der Waals surface area contributed by atoms with Crippen molar-refractivity contribution < 1.29 is 8.42 Å². The topological polar surface area (TPSA) is 57.9 Å². The first kappa shape index (κ1) is 19.6. The molecule has 0 amide bonds. The molecule has 1 aliphatic heterocycles. The molecule has 0 saturated carbocycles. The van der Waals surface area contributed by atoms with Gasteiger partial charge in [0.25, 0.3) is 0 Å². The zero-order valence-electron chi connectivity index (χ0n) is 16.0. The highest BCUT2D eigenvalue weighted by molar-refractivity contribution is 9.10. The van der Waals surface area contributed by atoms with E-state index in [4.69, 9.17) is 0 Å². The van der Waals surface area contributed by atoms with Gasteiger partial charge in [-0.3, -0.25) is 4.90 Å². The molecule has 1 saturated heterocycles. The first-order valence-corrected chi connectivity index (χ1v) is 11.5. The van der Waals surface area contributed by atoms with Gasteiger partial charge in [0.2, 0.25) is 10.0 Å². The highest BCUT2D eigenvalue weighted by Crippen LogP contribution is 2.21. The lowest BCUT2D eigenvalue weighted by atomic mass is 10.1. The largest absolute Gasteiger partial charge is 0.306 e. The molecule has 4 rings (SSSR count). The number of benzene rings is 1. The summed E-state index contributed by atoms with van der Waals surface area (Å²) in [5.74, 6) is 0. The monoisotopic (exact) mass is 462 g/mol. The molecule has 3 aromatic rings. The molecular weight excluding hydrogens is 440 g/mol. The minimum atomic E-state index is -3.44. The first-order chi connectivity index (χ1) is 13.3. The van der Waals surface area contributed by atoms with Gasteiger partial charge in [-0.15, -0.1) is 0 Å². The van der Waals surface area contributed by atoms with Crippen LogP contribution in [0.15, 0.2) is 52.1 Å². The summed E-state index contributed by atoms with van der Waals surface area (Å²) in [6.45, 7) is 7.03. The molecule has 1 aliphatic rings. The van der Waals surface area contributed by atoms with Crippen molar-refractivity contribution in [2.24, 2.45) is 0 Å². The van der Waals surface area contributed by atoms with Gasteiger partial charge < -0.3 is 4.40 Å². The molecule has 8 heteroatoms. The van der Waals surface area contributed by atoms with Crippen LogP contribution in [0.5, 0.6) is 0 Å². The van der Waals surface area contributed by atoms with Crippen molar-refractivity contribution in [2.45, 2.75) is 25.3 Å². The summed E-state index contributed by atoms with van der Waals surface area (Å²) < 4.78 is 30.5. The number of nitrogens with zero attached hydrogens (tertiary/aromatic N) is 4. The third-order valence-corrected chi connectivity index (χ3v) is 7.66. The van der Waals surface area contributed by atoms with Crippen molar-refractivity contribution in [2.75, 3.05) is 26.2 Å². The van der Waals surface area contributed by atoms with Crippen molar-refractivity contribution in [3.63, 3.8) is 0 Å². The van der Waals surface area contributed by atoms with E-state index >= 15 is 0 Å². The number of rotatable bonds is 4. The Morgan fingerprint density at radius 2 is 1.75 bits per heavy atom. The van der Waals surface area contributed by atoms with Crippen LogP contribution in [-0.2, 0) is 16.6 Å². The van der Waals surface area contributed by atoms with E-state index < -0.39 is 10.0 Å². The molecule has 0 spiro atoms. The second-order valence-corrected chi connectivity index (χ2v) is 10.1. The number of hydrogen-bond acceptors (Lipinski definition) is 4. The molecule has 0 N–H and O–H groups in total. The molecule has 6 nitrogen and oxygen atoms in total. The second kappa shape index (κ2) is 7.59. The average Bonchev–Trinajstić information content (AvgIpc) is 3.05. The Morgan fingerprint density at radius 1 is 1.00 bits per heavy atom. The minimum Gasteiger partial charge on any atom is -0.306 e. The molecule has 28 heavy (non-hydrogen) atoms. The first-order valence-electron chi connectivity index (χ1n) is 9.26. The quantitative estimate of drug-likeness (QED) is 0.597. The van der Waals surface area contributed by atoms with Crippen LogP contribution in [0.4, 0.5) is 0 Å². The zero-order chi connectivity index (χ0) is 19.9. The Balaban J connectivity index is 1.42. The minimum absolute atomic E-state index is 0.384. The number of sulfonamides is 1. The van der Waals surface area contributed by atoms with E-state index in [0.717, 1.165) is 33.5 Å². The number of halogens is 1. The Labute approximate surface area is 174 Å². The van der Waals surface area contributed by atoms with E-state index in [1.54, 1.807) is 16.4 Å². The normalized spacial score (nSPS) is 16.7. The van der Waals surface area contributed by atoms with Crippen LogP contribution in [0, 0.1) is 13.8 Å². The molecule has 0 aliphatic carbocycles. The summed E-state index contributed by atoms with van der Waals surface area (Å²) in [5.41, 5.74) is 4.00. The van der Waals surface area contributed by atoms with Gasteiger partial charge in [0.1, 0.15) is 5.65 Å². The molecule has 148 valence electrons. The summed E-state index contributed by atoms with van der Waals surface area (Å²) in [6, 6.07) is 9.30. The molecule has 0 unspecified atom stereocenters. The highest BCUT2D eigenvalue weighted by atomic mass is 79.9. The fourth-order valence-corrected chi connectivity index (χ4v) is 5.33. The van der Waals surface area contributed by atoms with E-state index in [1.165, 1.54) is 0 Å². The van der Waals surface area contributed by atoms with E-state index in [1.807, 2.05) is 48.8 Å². The van der Waals surface area contributed by atoms with Crippen molar-refractivity contribution in [3.05, 3.63) is 64.0 Å². The number of aryl methyl sites for hydroxylation is 2. The second-order valence-electron chi connectivity index (χ2n) is 7.27. The average molecular weight is 463 g/mol. The van der Waals surface area contributed by atoms with Crippen LogP contribution in [0.1, 0.15) is 16.8 Å². The predicted molar refractivity (Wildman–Crippen MR) is 113 cm³/mol. The predicted octanol–water partition coefficient (Wildman–Crippen LogP) is 3.22. The Bertz CT molecular complexity index is 1120. The lowest BCUT2D eigenvalue weighted by molar-refractivity contribution is 0.180. The van der Waals surface area contributed by atoms with Gasteiger partial charge in [-0.25, -0.2) is 13.4 Å². The van der Waals surface area contributed by atoms with Crippen molar-refractivity contribution in [1.82, 2.24) is 18.6 Å². The lowest BCUT2D eigenvalue weighted by Crippen LogP contribution is -2.48. The summed E-state index contributed by atoms with van der Waals surface area (Å²) in [4.78, 5) is 7.29. The van der Waals surface area contributed by atoms with Crippen molar-refractivity contribution >= 4 is 31.6 Å². The molecule has 2 aromatic heterocycles. The van der Waals surface area contributed by atoms with Crippen LogP contribution in [0.2, 0.25) is 0 Å². The standard InChI is InChI=1S/C20H23BrN4O2S/c1-15-3-5-19(11-16(15)2)28(26,27)25-9-7-23(8-10-25)13-18-14-24-12-17(21)4-6-20(24)22-18/h3-6,11-12,14H,7-10,13H2,1-2H3. The number of hydrogen-bond donors (Lipinski definition) is 0. The number of fused-ring (bicyclic) bond motifs is 1. The lowest BCUT2D eigenvalue weighted by Gasteiger charge is -2.33. The summed E-state index contributed by atoms with van der Waals surface area (Å²) >= 11 is 3.47. The zero-order valence-corrected chi connectivity index (χ0v) is 18.4. The van der Waals surface area contributed by atoms with Gasteiger partial charge in [0.05, 0.1) is 10.6 Å². The van der Waals surface area contributed by atoms with Crippen LogP contribution < -0.4 is 0 Å². The van der Waals surface area contributed by atoms with Crippen molar-refractivity contribution in [1.29, 1.82) is 0 Å². The maximum atomic E-state index is 13.0. The van der Waals surface area contributed by atoms with Crippen molar-refractivity contribution in [3.8, 4) is 0 Å². The van der Waals surface area contributed by atoms with Crippen LogP contribution in [0.25, 0.3) is 5.65 Å². The summed E-state index contributed by atoms with van der Waals surface area (Å²) in [5, 5.41) is 0. The number of pyridine rings is 1. The third kappa shape index (κ3) is 3.87. The summed E-state index contributed by atoms with van der Waals surface area (Å²) in [7, 11) is -3.44. The van der Waals surface area contributed by atoms with Gasteiger partial charge in [-0.2, -0.15) is 4.31 Å². The number of piperazine rings is 1. The fraction of sp³-hybridized carbons (Fsp3) is 0.350. The molecule has 3 heterocycles. The van der Waals surface area contributed by atoms with E-state index in [0.29, 0.717) is 31.1 Å². The number of imidazole rings is 1. The fourth-order valence-electron chi connectivity index (χ4n) is 3.47. The molecular formula is C20H23BrN4O2S. The smallest absolute Gasteiger partial charge is 0.243 e. The molecule has 0 radical (unpaired) electrons. The van der Waals surface area contributed by atoms with E-state index in [9.17, 15) is 8.42 Å². The maximum absolute atomic E-state index is 13.0. The highest BCUT2D eigenvalue weighted by Gasteiger charge is 2.28. The Kier molecular flexibility index (Phi) is 5.30. The van der Waals surface area contributed by atoms with Gasteiger partial charge in [-0.1, -0.05) is 6.07 Å². The van der Waals surface area contributed by atoms with Crippen LogP contribution >= 0.6 is 15.9 Å². The van der Waals surface area contributed by atoms with Gasteiger partial charge >= 0.3 is 0 Å². The van der Waals surface area contributed by atoms with Crippen LogP contribution in [-0.4, -0.2) is 53.2 Å². The molecule has 0 bridgehead atoms. The molecule has 1 aromatic carbocycles. The Morgan fingerprint density at radius 3 is 2.46 bits per heavy atom.